The molecule has 0 saturated carbocycles. The second-order valence-electron chi connectivity index (χ2n) is 6.03. The Labute approximate surface area is 138 Å². The van der Waals surface area contributed by atoms with Gasteiger partial charge in [-0.3, -0.25) is 14.9 Å². The lowest BCUT2D eigenvalue weighted by Crippen LogP contribution is -2.39. The van der Waals surface area contributed by atoms with Crippen molar-refractivity contribution in [3.05, 3.63) is 51.2 Å². The van der Waals surface area contributed by atoms with E-state index in [1.807, 2.05) is 0 Å². The normalized spacial score (nSPS) is 17.8. The van der Waals surface area contributed by atoms with Gasteiger partial charge in [-0.25, -0.2) is 0 Å². The van der Waals surface area contributed by atoms with Gasteiger partial charge in [0.05, 0.1) is 10.8 Å². The Kier molecular flexibility index (Phi) is 4.28. The minimum atomic E-state index is -0.446. The topological polar surface area (TPSA) is 102 Å². The van der Waals surface area contributed by atoms with Gasteiger partial charge in [0, 0.05) is 30.3 Å². The quantitative estimate of drug-likeness (QED) is 0.633. The number of hydrogen-bond acceptors (Lipinski definition) is 6. The number of likely N-dealkylation sites (tertiary alicyclic amines) is 1. The molecule has 0 unspecified atom stereocenters. The Morgan fingerprint density at radius 2 is 2.21 bits per heavy atom. The molecule has 3 rings (SSSR count). The van der Waals surface area contributed by atoms with Crippen molar-refractivity contribution in [1.29, 1.82) is 0 Å². The Bertz CT molecular complexity index is 786. The van der Waals surface area contributed by atoms with Crippen LogP contribution in [-0.4, -0.2) is 39.0 Å². The van der Waals surface area contributed by atoms with Crippen LogP contribution in [0.5, 0.6) is 0 Å². The minimum Gasteiger partial charge on any atom is -0.339 e. The van der Waals surface area contributed by atoms with Crippen LogP contribution in [0.4, 0.5) is 5.69 Å². The van der Waals surface area contributed by atoms with E-state index in [1.54, 1.807) is 24.8 Å². The number of carbonyl (C=O) groups excluding carboxylic acids is 1. The minimum absolute atomic E-state index is 0.0180. The summed E-state index contributed by atoms with van der Waals surface area (Å²) >= 11 is 0. The van der Waals surface area contributed by atoms with E-state index in [9.17, 15) is 14.9 Å². The lowest BCUT2D eigenvalue weighted by Gasteiger charge is -2.31. The number of nitro groups is 1. The fourth-order valence-corrected chi connectivity index (χ4v) is 3.02. The second-order valence-corrected chi connectivity index (χ2v) is 6.03. The standard InChI is InChI=1S/C16H18N4O4/c1-10-8-12(5-6-14(10)20(22)23)16(21)19-7-3-4-13(9-19)15-17-11(2)18-24-15/h5-6,8,13H,3-4,7,9H2,1-2H3/t13-/m1/s1. The van der Waals surface area contributed by atoms with Crippen LogP contribution in [0.1, 0.15) is 46.4 Å². The molecule has 1 fully saturated rings. The summed E-state index contributed by atoms with van der Waals surface area (Å²) in [6, 6.07) is 4.46. The van der Waals surface area contributed by atoms with E-state index >= 15 is 0 Å². The van der Waals surface area contributed by atoms with Crippen molar-refractivity contribution in [3.63, 3.8) is 0 Å². The third-order valence-electron chi connectivity index (χ3n) is 4.24. The van der Waals surface area contributed by atoms with E-state index in [0.717, 1.165) is 12.8 Å². The van der Waals surface area contributed by atoms with Crippen LogP contribution in [0, 0.1) is 24.0 Å². The first-order valence-electron chi connectivity index (χ1n) is 7.80. The molecular formula is C16H18N4O4. The summed E-state index contributed by atoms with van der Waals surface area (Å²) < 4.78 is 5.22. The zero-order chi connectivity index (χ0) is 17.3. The van der Waals surface area contributed by atoms with E-state index in [-0.39, 0.29) is 17.5 Å². The summed E-state index contributed by atoms with van der Waals surface area (Å²) in [5.74, 6) is 1.04. The molecular weight excluding hydrogens is 312 g/mol. The number of nitrogens with zero attached hydrogens (tertiary/aromatic N) is 4. The van der Waals surface area contributed by atoms with Gasteiger partial charge < -0.3 is 9.42 Å². The molecule has 2 heterocycles. The van der Waals surface area contributed by atoms with Gasteiger partial charge in [-0.05, 0) is 38.8 Å². The van der Waals surface area contributed by atoms with Crippen molar-refractivity contribution in [1.82, 2.24) is 15.0 Å². The molecule has 0 N–H and O–H groups in total. The Hall–Kier alpha value is -2.77. The number of carbonyl (C=O) groups is 1. The molecule has 0 bridgehead atoms. The van der Waals surface area contributed by atoms with Gasteiger partial charge in [-0.15, -0.1) is 0 Å². The van der Waals surface area contributed by atoms with Crippen molar-refractivity contribution in [2.75, 3.05) is 13.1 Å². The van der Waals surface area contributed by atoms with Gasteiger partial charge in [0.15, 0.2) is 5.82 Å². The van der Waals surface area contributed by atoms with Crippen LogP contribution in [0.25, 0.3) is 0 Å². The van der Waals surface area contributed by atoms with Gasteiger partial charge in [0.25, 0.3) is 11.6 Å². The van der Waals surface area contributed by atoms with Crippen molar-refractivity contribution in [2.45, 2.75) is 32.6 Å². The molecule has 1 atom stereocenters. The Morgan fingerprint density at radius 3 is 2.83 bits per heavy atom. The largest absolute Gasteiger partial charge is 0.339 e. The predicted octanol–water partition coefficient (Wildman–Crippen LogP) is 2.61. The monoisotopic (exact) mass is 330 g/mol. The Balaban J connectivity index is 1.77. The molecule has 24 heavy (non-hydrogen) atoms. The smallest absolute Gasteiger partial charge is 0.272 e. The molecule has 1 saturated heterocycles. The van der Waals surface area contributed by atoms with Crippen molar-refractivity contribution < 1.29 is 14.2 Å². The lowest BCUT2D eigenvalue weighted by molar-refractivity contribution is -0.385. The number of benzene rings is 1. The maximum absolute atomic E-state index is 12.7. The van der Waals surface area contributed by atoms with Crippen molar-refractivity contribution >= 4 is 11.6 Å². The highest BCUT2D eigenvalue weighted by Gasteiger charge is 2.29. The van der Waals surface area contributed by atoms with Crippen LogP contribution in [0.3, 0.4) is 0 Å². The van der Waals surface area contributed by atoms with Crippen LogP contribution >= 0.6 is 0 Å². The SMILES string of the molecule is Cc1noc([C@@H]2CCCN(C(=O)c3ccc([N+](=O)[O-])c(C)c3)C2)n1. The molecule has 8 nitrogen and oxygen atoms in total. The number of piperidine rings is 1. The number of aryl methyl sites for hydroxylation is 2. The number of aromatic nitrogens is 2. The molecule has 1 aliphatic rings. The predicted molar refractivity (Wildman–Crippen MR) is 84.7 cm³/mol. The van der Waals surface area contributed by atoms with Crippen LogP contribution in [-0.2, 0) is 0 Å². The third-order valence-corrected chi connectivity index (χ3v) is 4.24. The molecule has 2 aromatic rings. The van der Waals surface area contributed by atoms with Gasteiger partial charge in [0.2, 0.25) is 5.89 Å². The number of rotatable bonds is 3. The maximum Gasteiger partial charge on any atom is 0.272 e. The third kappa shape index (κ3) is 3.12. The summed E-state index contributed by atoms with van der Waals surface area (Å²) in [4.78, 5) is 29.2. The molecule has 1 amide bonds. The lowest BCUT2D eigenvalue weighted by atomic mass is 9.97. The van der Waals surface area contributed by atoms with Crippen LogP contribution in [0.15, 0.2) is 22.7 Å². The molecule has 1 aliphatic heterocycles. The summed E-state index contributed by atoms with van der Waals surface area (Å²) in [5, 5.41) is 14.7. The maximum atomic E-state index is 12.7. The highest BCUT2D eigenvalue weighted by molar-refractivity contribution is 5.94. The first-order valence-corrected chi connectivity index (χ1v) is 7.80. The number of amides is 1. The van der Waals surface area contributed by atoms with E-state index in [0.29, 0.717) is 35.9 Å². The van der Waals surface area contributed by atoms with Crippen LogP contribution < -0.4 is 0 Å². The van der Waals surface area contributed by atoms with E-state index < -0.39 is 4.92 Å². The first-order chi connectivity index (χ1) is 11.5. The van der Waals surface area contributed by atoms with Gasteiger partial charge >= 0.3 is 0 Å². The van der Waals surface area contributed by atoms with Gasteiger partial charge in [-0.2, -0.15) is 4.98 Å². The zero-order valence-corrected chi connectivity index (χ0v) is 13.6. The van der Waals surface area contributed by atoms with E-state index in [2.05, 4.69) is 10.1 Å². The molecule has 8 heteroatoms. The van der Waals surface area contributed by atoms with Gasteiger partial charge in [-0.1, -0.05) is 5.16 Å². The molecule has 126 valence electrons. The second kappa shape index (κ2) is 6.38. The van der Waals surface area contributed by atoms with E-state index in [4.69, 9.17) is 4.52 Å². The van der Waals surface area contributed by atoms with Crippen molar-refractivity contribution in [2.24, 2.45) is 0 Å². The number of nitro benzene ring substituents is 1. The fraction of sp³-hybridized carbons (Fsp3) is 0.438. The summed E-state index contributed by atoms with van der Waals surface area (Å²) in [6.45, 7) is 4.56. The summed E-state index contributed by atoms with van der Waals surface area (Å²) in [6.07, 6.45) is 1.74. The molecule has 0 aliphatic carbocycles. The van der Waals surface area contributed by atoms with E-state index in [1.165, 1.54) is 12.1 Å². The van der Waals surface area contributed by atoms with Crippen molar-refractivity contribution in [3.8, 4) is 0 Å². The highest BCUT2D eigenvalue weighted by atomic mass is 16.6. The molecule has 0 spiro atoms. The average Bonchev–Trinajstić information content (AvgIpc) is 3.00. The van der Waals surface area contributed by atoms with Crippen LogP contribution in [0.2, 0.25) is 0 Å². The molecule has 0 radical (unpaired) electrons. The summed E-state index contributed by atoms with van der Waals surface area (Å²) in [7, 11) is 0. The van der Waals surface area contributed by atoms with Gasteiger partial charge in [0.1, 0.15) is 0 Å². The first kappa shape index (κ1) is 16.1. The molecule has 1 aromatic heterocycles. The highest BCUT2D eigenvalue weighted by Crippen LogP contribution is 2.27. The zero-order valence-electron chi connectivity index (χ0n) is 13.6. The fourth-order valence-electron chi connectivity index (χ4n) is 3.02. The average molecular weight is 330 g/mol. The Morgan fingerprint density at radius 1 is 1.42 bits per heavy atom. The number of hydrogen-bond donors (Lipinski definition) is 0. The molecule has 1 aromatic carbocycles. The summed E-state index contributed by atoms with van der Waals surface area (Å²) in [5.41, 5.74) is 0.955.